The molecule has 4 aliphatic heterocycles. The molecule has 7 rings (SSSR count). The van der Waals surface area contributed by atoms with E-state index >= 15 is 52.7 Å². The molecule has 3 aliphatic carbocycles. The highest BCUT2D eigenvalue weighted by molar-refractivity contribution is 6.21. The van der Waals surface area contributed by atoms with Gasteiger partial charge in [0.15, 0.2) is 0 Å². The molecule has 24 nitrogen and oxygen atoms in total. The Balaban J connectivity index is 1.30. The topological polar surface area (TPSA) is 270 Å². The zero-order valence-corrected chi connectivity index (χ0v) is 65.4. The summed E-state index contributed by atoms with van der Waals surface area (Å²) in [5.41, 5.74) is -1.57. The lowest BCUT2D eigenvalue weighted by Gasteiger charge is -2.46. The fourth-order valence-corrected chi connectivity index (χ4v) is 17.7. The van der Waals surface area contributed by atoms with Gasteiger partial charge in [-0.05, 0) is 145 Å². The quantitative estimate of drug-likeness (QED) is 0.143. The predicted molar refractivity (Wildman–Crippen MR) is 388 cm³/mol. The fourth-order valence-electron chi connectivity index (χ4n) is 17.2. The Bertz CT molecular complexity index is 3030. The van der Waals surface area contributed by atoms with E-state index < -0.39 is 173 Å². The molecule has 1 spiro atoms. The van der Waals surface area contributed by atoms with Crippen molar-refractivity contribution in [2.45, 2.75) is 294 Å². The van der Waals surface area contributed by atoms with E-state index in [1.807, 2.05) is 41.5 Å². The highest BCUT2D eigenvalue weighted by Crippen LogP contribution is 2.44. The van der Waals surface area contributed by atoms with E-state index in [4.69, 9.17) is 11.6 Å². The molecule has 3 unspecified atom stereocenters. The number of rotatable bonds is 14. The van der Waals surface area contributed by atoms with E-state index in [0.29, 0.717) is 58.0 Å². The third-order valence-electron chi connectivity index (χ3n) is 24.1. The van der Waals surface area contributed by atoms with Crippen LogP contribution in [0.3, 0.4) is 0 Å². The largest absolute Gasteiger partial charge is 0.393 e. The van der Waals surface area contributed by atoms with Gasteiger partial charge in [0.25, 0.3) is 0 Å². The summed E-state index contributed by atoms with van der Waals surface area (Å²) in [6.45, 7) is 15.3. The smallest absolute Gasteiger partial charge is 0.343 e. The SMILES string of the molecule is CC[C@H](C)[C@@H]1NC(=O)[C@H](CC(C)C)N(C)C(=O)C[C@@H](C(=O)N2CCCCC2)N(C)C(=O)[C@H](C(C)C)N(C)C(=O)C2(CCCC2)NC(=O)[C@@H]2CCCN2C(=O)[C@H](CCC2CCC(C(F)(F)F)C(Cl)C2)NC(=O)CN(C)C(=O)[C@H](CC2CCCCC2)N(C)C(=O)[C@@H]2CCN2C(=O)[C@H](CCC(C)C)N(C)C1=O. The Hall–Kier alpha value is -6.28. The van der Waals surface area contributed by atoms with Crippen LogP contribution >= 0.6 is 11.6 Å². The monoisotopic (exact) mass is 1490 g/mol. The molecule has 4 saturated heterocycles. The molecule has 3 saturated carbocycles. The van der Waals surface area contributed by atoms with Crippen LogP contribution in [-0.2, 0) is 57.5 Å². The molecule has 13 atom stereocenters. The van der Waals surface area contributed by atoms with Crippen molar-refractivity contribution < 1.29 is 70.7 Å². The summed E-state index contributed by atoms with van der Waals surface area (Å²) in [5, 5.41) is 7.70. The van der Waals surface area contributed by atoms with E-state index in [1.54, 1.807) is 18.7 Å². The predicted octanol–water partition coefficient (Wildman–Crippen LogP) is 7.51. The van der Waals surface area contributed by atoms with Crippen molar-refractivity contribution in [3.05, 3.63) is 0 Å². The minimum absolute atomic E-state index is 0.000736. The van der Waals surface area contributed by atoms with Crippen LogP contribution in [0.4, 0.5) is 13.2 Å². The van der Waals surface area contributed by atoms with Crippen LogP contribution in [0.2, 0.25) is 0 Å². The number of hydrogen-bond acceptors (Lipinski definition) is 12. The van der Waals surface area contributed by atoms with E-state index in [9.17, 15) is 18.0 Å². The minimum Gasteiger partial charge on any atom is -0.343 e. The summed E-state index contributed by atoms with van der Waals surface area (Å²) in [6.07, 6.45) is 5.29. The second-order valence-corrected chi connectivity index (χ2v) is 33.4. The molecule has 0 radical (unpaired) electrons. The second-order valence-electron chi connectivity index (χ2n) is 32.9. The van der Waals surface area contributed by atoms with Crippen molar-refractivity contribution in [3.8, 4) is 0 Å². The van der Waals surface area contributed by atoms with Crippen LogP contribution in [0.15, 0.2) is 0 Å². The molecule has 0 bridgehead atoms. The van der Waals surface area contributed by atoms with Gasteiger partial charge in [-0.3, -0.25) is 57.5 Å². The van der Waals surface area contributed by atoms with Crippen molar-refractivity contribution in [2.24, 2.45) is 41.4 Å². The summed E-state index contributed by atoms with van der Waals surface area (Å²) < 4.78 is 42.2. The van der Waals surface area contributed by atoms with E-state index in [1.165, 1.54) is 81.5 Å². The molecule has 0 aromatic heterocycles. The first-order valence-corrected chi connectivity index (χ1v) is 39.5. The van der Waals surface area contributed by atoms with Gasteiger partial charge in [0.1, 0.15) is 59.9 Å². The normalized spacial score (nSPS) is 30.3. The van der Waals surface area contributed by atoms with Crippen LogP contribution in [0.1, 0.15) is 222 Å². The van der Waals surface area contributed by atoms with Gasteiger partial charge in [-0.2, -0.15) is 13.2 Å². The first-order valence-electron chi connectivity index (χ1n) is 39.0. The number of piperidine rings is 1. The fraction of sp³-hybridized carbons (Fsp3) is 0.842. The number of fused-ring (bicyclic) bond motifs is 2. The third kappa shape index (κ3) is 20.7. The molecule has 3 N–H and O–H groups in total. The minimum atomic E-state index is -4.51. The average Bonchev–Trinajstić information content (AvgIpc) is 1.57. The molecule has 7 aliphatic rings. The summed E-state index contributed by atoms with van der Waals surface area (Å²) in [4.78, 5) is 194. The summed E-state index contributed by atoms with van der Waals surface area (Å²) in [5.74, 6) is -10.5. The number of carbonyl (C=O) groups excluding carboxylic acids is 12. The molecular formula is C76H124ClF3N12O12. The molecule has 28 heteroatoms. The molecule has 0 aromatic rings. The lowest BCUT2D eigenvalue weighted by atomic mass is 9.78. The molecule has 12 amide bonds. The molecule has 7 fully saturated rings. The zero-order valence-electron chi connectivity index (χ0n) is 64.7. The Morgan fingerprint density at radius 1 is 0.567 bits per heavy atom. The highest BCUT2D eigenvalue weighted by atomic mass is 35.5. The Morgan fingerprint density at radius 3 is 1.77 bits per heavy atom. The van der Waals surface area contributed by atoms with Gasteiger partial charge in [0, 0.05) is 73.8 Å². The summed E-state index contributed by atoms with van der Waals surface area (Å²) >= 11 is 6.43. The maximum atomic E-state index is 15.5. The van der Waals surface area contributed by atoms with E-state index in [2.05, 4.69) is 16.0 Å². The Labute approximate surface area is 620 Å². The van der Waals surface area contributed by atoms with E-state index in [0.717, 1.165) is 38.5 Å². The van der Waals surface area contributed by atoms with Gasteiger partial charge in [-0.1, -0.05) is 107 Å². The number of halogens is 4. The lowest BCUT2D eigenvalue weighted by molar-refractivity contribution is -0.182. The van der Waals surface area contributed by atoms with Crippen LogP contribution in [0, 0.1) is 41.4 Å². The zero-order chi connectivity index (χ0) is 77.0. The molecule has 4 heterocycles. The maximum Gasteiger partial charge on any atom is 0.393 e. The Morgan fingerprint density at radius 2 is 1.19 bits per heavy atom. The highest BCUT2D eigenvalue weighted by Gasteiger charge is 2.53. The molecule has 588 valence electrons. The number of alkyl halides is 4. The standard InChI is InChI=1S/C76H124ClF3N12O12/c1-15-49(8)63-72(102)86(11)56(33-28-46(2)3)71(101)92-40-34-57(92)69(99)87(12)59(43-50-25-18-16-19-26-50)68(98)84(9)45-61(93)81-54(32-30-51-29-31-52(53(77)42-51)76(78,79)80)67(97)91-39-24-27-55(91)66(96)83-75(35-20-21-36-75)74(104)89(14)64(48(6)7)73(103)88(13)60(70(100)90-37-22-17-23-38-90)44-62(94)85(10)58(41-47(4)5)65(95)82-63/h46-60,63-64H,15-45H2,1-14H3,(H,81,93)(H,82,95)(H,83,96)/t49-,51?,52?,53?,54-,55-,56-,57-,58-,59-,60-,63-,64-/m0/s1. The molecular weight excluding hydrogens is 1370 g/mol. The van der Waals surface area contributed by atoms with Crippen LogP contribution < -0.4 is 16.0 Å². The number of nitrogens with zero attached hydrogens (tertiary/aromatic N) is 9. The molecule has 0 aromatic carbocycles. The number of likely N-dealkylation sites (N-methyl/N-ethyl adjacent to an activating group) is 6. The van der Waals surface area contributed by atoms with Crippen molar-refractivity contribution >= 4 is 82.5 Å². The van der Waals surface area contributed by atoms with Crippen molar-refractivity contribution in [2.75, 3.05) is 75.0 Å². The van der Waals surface area contributed by atoms with E-state index in [-0.39, 0.29) is 114 Å². The Kier molecular flexibility index (Phi) is 30.6. The lowest BCUT2D eigenvalue weighted by Crippen LogP contribution is -2.65. The van der Waals surface area contributed by atoms with Crippen LogP contribution in [-0.4, -0.2) is 261 Å². The number of amides is 12. The van der Waals surface area contributed by atoms with Crippen LogP contribution in [0.5, 0.6) is 0 Å². The van der Waals surface area contributed by atoms with Gasteiger partial charge in [-0.25, -0.2) is 0 Å². The van der Waals surface area contributed by atoms with Gasteiger partial charge in [0.2, 0.25) is 70.9 Å². The summed E-state index contributed by atoms with van der Waals surface area (Å²) in [7, 11) is 8.80. The van der Waals surface area contributed by atoms with Crippen molar-refractivity contribution in [1.82, 2.24) is 60.0 Å². The number of hydrogen-bond donors (Lipinski definition) is 3. The average molecular weight is 1490 g/mol. The van der Waals surface area contributed by atoms with Gasteiger partial charge < -0.3 is 60.0 Å². The van der Waals surface area contributed by atoms with Gasteiger partial charge in [0.05, 0.1) is 18.9 Å². The van der Waals surface area contributed by atoms with Crippen molar-refractivity contribution in [3.63, 3.8) is 0 Å². The number of likely N-dealkylation sites (tertiary alicyclic amines) is 1. The third-order valence-corrected chi connectivity index (χ3v) is 24.6. The second kappa shape index (κ2) is 37.5. The first-order chi connectivity index (χ1) is 48.9. The number of carbonyl (C=O) groups is 12. The number of nitrogens with one attached hydrogen (secondary N) is 3. The molecule has 104 heavy (non-hydrogen) atoms. The van der Waals surface area contributed by atoms with Gasteiger partial charge >= 0.3 is 6.18 Å². The summed E-state index contributed by atoms with van der Waals surface area (Å²) in [6, 6.07) is -10.8. The maximum absolute atomic E-state index is 15.5. The van der Waals surface area contributed by atoms with Crippen molar-refractivity contribution in [1.29, 1.82) is 0 Å². The van der Waals surface area contributed by atoms with Crippen LogP contribution in [0.25, 0.3) is 0 Å². The first kappa shape index (κ1) is 85.0. The van der Waals surface area contributed by atoms with Gasteiger partial charge in [-0.15, -0.1) is 11.6 Å².